The number of nitrogens with zero attached hydrogens (tertiary/aromatic N) is 2. The van der Waals surface area contributed by atoms with Crippen LogP contribution in [0.3, 0.4) is 0 Å². The number of nitrogens with one attached hydrogen (secondary N) is 1. The van der Waals surface area contributed by atoms with Gasteiger partial charge in [0.2, 0.25) is 0 Å². The summed E-state index contributed by atoms with van der Waals surface area (Å²) >= 11 is 1.40. The van der Waals surface area contributed by atoms with Gasteiger partial charge < -0.3 is 5.32 Å². The van der Waals surface area contributed by atoms with E-state index in [1.54, 1.807) is 6.07 Å². The lowest BCUT2D eigenvalue weighted by molar-refractivity contribution is 0.581. The first-order chi connectivity index (χ1) is 10.0. The minimum Gasteiger partial charge on any atom is -0.305 e. The summed E-state index contributed by atoms with van der Waals surface area (Å²) in [5, 5.41) is 7.77. The summed E-state index contributed by atoms with van der Waals surface area (Å²) in [5.41, 5.74) is 3.04. The molecule has 0 saturated heterocycles. The molecule has 0 bridgehead atoms. The monoisotopic (exact) mass is 307 g/mol. The van der Waals surface area contributed by atoms with Gasteiger partial charge in [-0.15, -0.1) is 5.10 Å². The first kappa shape index (κ1) is 16.0. The zero-order valence-corrected chi connectivity index (χ0v) is 13.8. The maximum Gasteiger partial charge on any atom is 0.123 e. The smallest absolute Gasteiger partial charge is 0.123 e. The Hall–Kier alpha value is -1.33. The van der Waals surface area contributed by atoms with E-state index in [-0.39, 0.29) is 11.9 Å². The quantitative estimate of drug-likeness (QED) is 0.869. The van der Waals surface area contributed by atoms with Gasteiger partial charge in [-0.2, -0.15) is 0 Å². The zero-order valence-electron chi connectivity index (χ0n) is 13.0. The highest BCUT2D eigenvalue weighted by Gasteiger charge is 2.23. The van der Waals surface area contributed by atoms with E-state index < -0.39 is 0 Å². The van der Waals surface area contributed by atoms with Crippen molar-refractivity contribution in [1.29, 1.82) is 0 Å². The molecular formula is C16H22FN3S. The Balaban J connectivity index is 2.47. The molecule has 21 heavy (non-hydrogen) atoms. The lowest BCUT2D eigenvalue weighted by Crippen LogP contribution is -2.24. The predicted octanol–water partition coefficient (Wildman–Crippen LogP) is 4.20. The minimum atomic E-state index is -0.206. The second kappa shape index (κ2) is 7.09. The normalized spacial score (nSPS) is 12.9. The number of hydrogen-bond acceptors (Lipinski definition) is 4. The molecule has 1 aromatic heterocycles. The maximum absolute atomic E-state index is 13.7. The number of rotatable bonds is 6. The first-order valence-corrected chi connectivity index (χ1v) is 8.13. The van der Waals surface area contributed by atoms with Crippen LogP contribution in [-0.2, 0) is 0 Å². The second-order valence-electron chi connectivity index (χ2n) is 5.57. The zero-order chi connectivity index (χ0) is 15.4. The third-order valence-corrected chi connectivity index (χ3v) is 4.30. The fraction of sp³-hybridized carbons (Fsp3) is 0.500. The van der Waals surface area contributed by atoms with Gasteiger partial charge in [0.25, 0.3) is 0 Å². The highest BCUT2D eigenvalue weighted by Crippen LogP contribution is 2.32. The molecule has 0 amide bonds. The molecule has 1 atom stereocenters. The van der Waals surface area contributed by atoms with E-state index in [0.717, 1.165) is 34.7 Å². The fourth-order valence-corrected chi connectivity index (χ4v) is 3.26. The van der Waals surface area contributed by atoms with Gasteiger partial charge in [0, 0.05) is 0 Å². The highest BCUT2D eigenvalue weighted by atomic mass is 32.1. The summed E-state index contributed by atoms with van der Waals surface area (Å²) in [5.74, 6) is 0.0982. The Morgan fingerprint density at radius 3 is 2.76 bits per heavy atom. The van der Waals surface area contributed by atoms with Crippen LogP contribution in [0.1, 0.15) is 60.8 Å². The molecule has 0 radical (unpaired) electrons. The molecular weight excluding hydrogens is 285 g/mol. The summed E-state index contributed by atoms with van der Waals surface area (Å²) in [6.45, 7) is 9.22. The molecule has 0 aliphatic carbocycles. The molecule has 5 heteroatoms. The highest BCUT2D eigenvalue weighted by molar-refractivity contribution is 7.05. The van der Waals surface area contributed by atoms with E-state index >= 15 is 0 Å². The molecule has 3 nitrogen and oxygen atoms in total. The third kappa shape index (κ3) is 3.66. The average molecular weight is 307 g/mol. The number of aromatic nitrogens is 2. The Labute approximate surface area is 129 Å². The van der Waals surface area contributed by atoms with E-state index in [0.29, 0.717) is 5.92 Å². The van der Waals surface area contributed by atoms with Crippen LogP contribution in [0.2, 0.25) is 0 Å². The van der Waals surface area contributed by atoms with Crippen molar-refractivity contribution < 1.29 is 4.39 Å². The molecule has 0 fully saturated rings. The van der Waals surface area contributed by atoms with Gasteiger partial charge in [-0.05, 0) is 60.6 Å². The lowest BCUT2D eigenvalue weighted by Gasteiger charge is -2.21. The van der Waals surface area contributed by atoms with Crippen molar-refractivity contribution in [2.45, 2.75) is 46.1 Å². The number of hydrogen-bond donors (Lipinski definition) is 1. The molecule has 0 aliphatic heterocycles. The van der Waals surface area contributed by atoms with Crippen LogP contribution in [0.5, 0.6) is 0 Å². The van der Waals surface area contributed by atoms with Gasteiger partial charge >= 0.3 is 0 Å². The van der Waals surface area contributed by atoms with E-state index in [4.69, 9.17) is 0 Å². The molecule has 1 N–H and O–H groups in total. The van der Waals surface area contributed by atoms with E-state index in [2.05, 4.69) is 35.7 Å². The predicted molar refractivity (Wildman–Crippen MR) is 85.3 cm³/mol. The summed E-state index contributed by atoms with van der Waals surface area (Å²) in [6, 6.07) is 4.91. The summed E-state index contributed by atoms with van der Waals surface area (Å²) < 4.78 is 17.8. The topological polar surface area (TPSA) is 37.8 Å². The maximum atomic E-state index is 13.7. The molecule has 0 saturated carbocycles. The van der Waals surface area contributed by atoms with Crippen LogP contribution in [0.15, 0.2) is 18.2 Å². The first-order valence-electron chi connectivity index (χ1n) is 7.36. The number of halogens is 1. The molecule has 2 aromatic rings. The van der Waals surface area contributed by atoms with Crippen LogP contribution in [0.4, 0.5) is 4.39 Å². The number of benzene rings is 1. The summed E-state index contributed by atoms with van der Waals surface area (Å²) in [4.78, 5) is 1.09. The summed E-state index contributed by atoms with van der Waals surface area (Å²) in [7, 11) is 0. The SMILES string of the molecule is CCCNC(c1cc(F)ccc1C)c1snnc1C(C)C. The third-order valence-electron chi connectivity index (χ3n) is 3.50. The Kier molecular flexibility index (Phi) is 5.42. The Morgan fingerprint density at radius 1 is 1.33 bits per heavy atom. The van der Waals surface area contributed by atoms with Gasteiger partial charge in [-0.25, -0.2) is 4.39 Å². The van der Waals surface area contributed by atoms with Gasteiger partial charge in [0.1, 0.15) is 5.82 Å². The molecule has 0 aliphatic rings. The number of aryl methyl sites for hydroxylation is 1. The van der Waals surface area contributed by atoms with Crippen molar-refractivity contribution in [3.63, 3.8) is 0 Å². The molecule has 2 rings (SSSR count). The Bertz CT molecular complexity index is 595. The van der Waals surface area contributed by atoms with Crippen molar-refractivity contribution in [3.05, 3.63) is 45.7 Å². The average Bonchev–Trinajstić information content (AvgIpc) is 2.92. The second-order valence-corrected chi connectivity index (χ2v) is 6.35. The summed E-state index contributed by atoms with van der Waals surface area (Å²) in [6.07, 6.45) is 1.02. The van der Waals surface area contributed by atoms with Crippen molar-refractivity contribution in [2.24, 2.45) is 0 Å². The molecule has 0 spiro atoms. The lowest BCUT2D eigenvalue weighted by atomic mass is 9.96. The van der Waals surface area contributed by atoms with Crippen LogP contribution in [0, 0.1) is 12.7 Å². The van der Waals surface area contributed by atoms with E-state index in [9.17, 15) is 4.39 Å². The van der Waals surface area contributed by atoms with Crippen molar-refractivity contribution >= 4 is 11.5 Å². The van der Waals surface area contributed by atoms with Gasteiger partial charge in [-0.1, -0.05) is 31.3 Å². The van der Waals surface area contributed by atoms with E-state index in [1.165, 1.54) is 17.6 Å². The fourth-order valence-electron chi connectivity index (χ4n) is 2.36. The molecule has 1 heterocycles. The van der Waals surface area contributed by atoms with Crippen LogP contribution < -0.4 is 5.32 Å². The van der Waals surface area contributed by atoms with Gasteiger partial charge in [0.05, 0.1) is 16.6 Å². The Morgan fingerprint density at radius 2 is 2.10 bits per heavy atom. The largest absolute Gasteiger partial charge is 0.305 e. The van der Waals surface area contributed by atoms with Crippen LogP contribution >= 0.6 is 11.5 Å². The molecule has 1 unspecified atom stereocenters. The standard InChI is InChI=1S/C16H22FN3S/c1-5-8-18-15(13-9-12(17)7-6-11(13)4)16-14(10(2)3)19-20-21-16/h6-7,9-10,15,18H,5,8H2,1-4H3. The van der Waals surface area contributed by atoms with Gasteiger partial charge in [0.15, 0.2) is 0 Å². The minimum absolute atomic E-state index is 0.0435. The van der Waals surface area contributed by atoms with Crippen molar-refractivity contribution in [1.82, 2.24) is 14.9 Å². The van der Waals surface area contributed by atoms with Crippen LogP contribution in [0.25, 0.3) is 0 Å². The van der Waals surface area contributed by atoms with Gasteiger partial charge in [-0.3, -0.25) is 0 Å². The van der Waals surface area contributed by atoms with Crippen molar-refractivity contribution in [2.75, 3.05) is 6.54 Å². The van der Waals surface area contributed by atoms with Crippen molar-refractivity contribution in [3.8, 4) is 0 Å². The molecule has 1 aromatic carbocycles. The van der Waals surface area contributed by atoms with E-state index in [1.807, 2.05) is 13.0 Å². The van der Waals surface area contributed by atoms with Crippen LogP contribution in [-0.4, -0.2) is 16.1 Å². The molecule has 114 valence electrons.